The maximum atomic E-state index is 12.3. The highest BCUT2D eigenvalue weighted by atomic mass is 16.5. The average molecular weight is 999 g/mol. The van der Waals surface area contributed by atoms with Crippen molar-refractivity contribution < 1.29 is 29.0 Å². The lowest BCUT2D eigenvalue weighted by Gasteiger charge is -2.21. The quantitative estimate of drug-likeness (QED) is 0.0915. The van der Waals surface area contributed by atoms with Crippen molar-refractivity contribution in [3.05, 3.63) is 121 Å². The van der Waals surface area contributed by atoms with Gasteiger partial charge >= 0.3 is 11.9 Å². The van der Waals surface area contributed by atoms with Gasteiger partial charge in [-0.3, -0.25) is 28.5 Å². The van der Waals surface area contributed by atoms with Gasteiger partial charge in [-0.15, -0.1) is 0 Å². The number of esters is 1. The first-order valence-corrected chi connectivity index (χ1v) is 23.5. The van der Waals surface area contributed by atoms with Crippen molar-refractivity contribution in [1.29, 1.82) is 10.5 Å². The molecular weight excluding hydrogens is 949 g/mol. The van der Waals surface area contributed by atoms with Crippen LogP contribution in [0.25, 0.3) is 33.3 Å². The number of ether oxygens (including phenoxy) is 1. The van der Waals surface area contributed by atoms with Crippen molar-refractivity contribution in [2.24, 2.45) is 23.3 Å². The Hall–Kier alpha value is -9.84. The third-order valence-electron chi connectivity index (χ3n) is 12.9. The fourth-order valence-electron chi connectivity index (χ4n) is 9.11. The molecule has 2 fully saturated rings. The predicted octanol–water partition coefficient (Wildman–Crippen LogP) is 3.65. The number of nitrogens with two attached hydrogens (primary N) is 2. The monoisotopic (exact) mass is 998 g/mol. The van der Waals surface area contributed by atoms with Gasteiger partial charge in [-0.1, -0.05) is 13.8 Å². The molecule has 2 saturated heterocycles. The van der Waals surface area contributed by atoms with Crippen LogP contribution in [0, 0.1) is 34.5 Å². The molecule has 74 heavy (non-hydrogen) atoms. The van der Waals surface area contributed by atoms with Gasteiger partial charge in [-0.2, -0.15) is 30.9 Å². The molecule has 8 aromatic heterocycles. The number of carbonyl (C=O) groups is 4. The molecule has 0 unspecified atom stereocenters. The number of nitrogens with zero attached hydrogens (tertiary/aromatic N) is 14. The zero-order valence-electron chi connectivity index (χ0n) is 40.4. The molecular formula is C50H50N18O6. The molecule has 4 atom stereocenters. The third-order valence-corrected chi connectivity index (χ3v) is 12.9. The van der Waals surface area contributed by atoms with Crippen molar-refractivity contribution in [3.8, 4) is 34.4 Å². The molecule has 2 aliphatic rings. The van der Waals surface area contributed by atoms with E-state index in [0.29, 0.717) is 58.8 Å². The first-order chi connectivity index (χ1) is 35.7. The second-order valence-electron chi connectivity index (χ2n) is 18.1. The van der Waals surface area contributed by atoms with Crippen molar-refractivity contribution in [2.75, 3.05) is 53.2 Å². The lowest BCUT2D eigenvalue weighted by Crippen LogP contribution is -2.30. The van der Waals surface area contributed by atoms with Gasteiger partial charge in [-0.05, 0) is 55.2 Å². The normalized spacial score (nSPS) is 17.1. The lowest BCUT2D eigenvalue weighted by atomic mass is 10.1. The molecule has 10 heterocycles. The number of carbonyl (C=O) groups excluding carboxylic acids is 3. The number of hydrogen-bond donors (Lipinski definition) is 5. The minimum atomic E-state index is -0.984. The summed E-state index contributed by atoms with van der Waals surface area (Å²) in [5.41, 5.74) is 18.6. The minimum Gasteiger partial charge on any atom is -0.480 e. The first kappa shape index (κ1) is 49.2. The van der Waals surface area contributed by atoms with Crippen LogP contribution >= 0.6 is 0 Å². The summed E-state index contributed by atoms with van der Waals surface area (Å²) in [4.78, 5) is 60.5. The number of nitrogens with one attached hydrogen (secondary N) is 2. The van der Waals surface area contributed by atoms with Crippen molar-refractivity contribution in [1.82, 2.24) is 48.8 Å². The highest BCUT2D eigenvalue weighted by molar-refractivity contribution is 6.03. The summed E-state index contributed by atoms with van der Waals surface area (Å²) in [5.74, 6) is -0.494. The topological polar surface area (TPSA) is 324 Å². The van der Waals surface area contributed by atoms with Gasteiger partial charge in [-0.25, -0.2) is 19.0 Å². The summed E-state index contributed by atoms with van der Waals surface area (Å²) < 4.78 is 11.2. The van der Waals surface area contributed by atoms with Crippen LogP contribution in [0.15, 0.2) is 98.4 Å². The van der Waals surface area contributed by atoms with Crippen LogP contribution < -0.4 is 31.9 Å². The Morgan fingerprint density at radius 1 is 0.649 bits per heavy atom. The zero-order valence-corrected chi connectivity index (χ0v) is 40.4. The maximum absolute atomic E-state index is 12.3. The predicted molar refractivity (Wildman–Crippen MR) is 270 cm³/mol. The molecule has 0 radical (unpaired) electrons. The summed E-state index contributed by atoms with van der Waals surface area (Å²) in [6.07, 6.45) is 16.3. The number of nitriles is 2. The van der Waals surface area contributed by atoms with Crippen LogP contribution in [-0.2, 0) is 27.4 Å². The zero-order chi connectivity index (χ0) is 52.2. The Kier molecular flexibility index (Phi) is 13.9. The van der Waals surface area contributed by atoms with Gasteiger partial charge in [0.2, 0.25) is 0 Å². The van der Waals surface area contributed by atoms with E-state index in [0.717, 1.165) is 47.0 Å². The van der Waals surface area contributed by atoms with Crippen molar-refractivity contribution in [2.45, 2.75) is 45.9 Å². The van der Waals surface area contributed by atoms with E-state index in [-0.39, 0.29) is 48.5 Å². The number of rotatable bonds is 15. The highest BCUT2D eigenvalue weighted by Crippen LogP contribution is 2.34. The summed E-state index contributed by atoms with van der Waals surface area (Å²) in [6, 6.07) is 15.1. The Balaban J connectivity index is 0.000000182. The fourth-order valence-corrected chi connectivity index (χ4v) is 9.11. The third kappa shape index (κ3) is 10.5. The van der Waals surface area contributed by atoms with Crippen LogP contribution in [0.5, 0.6) is 0 Å². The summed E-state index contributed by atoms with van der Waals surface area (Å²) >= 11 is 0. The van der Waals surface area contributed by atoms with Crippen LogP contribution in [0.1, 0.15) is 52.6 Å². The summed E-state index contributed by atoms with van der Waals surface area (Å²) in [5, 5.41) is 51.2. The molecule has 7 N–H and O–H groups in total. The summed E-state index contributed by atoms with van der Waals surface area (Å²) in [7, 11) is 0. The van der Waals surface area contributed by atoms with E-state index in [9.17, 15) is 19.2 Å². The van der Waals surface area contributed by atoms with Crippen LogP contribution in [0.4, 0.5) is 23.0 Å². The Labute approximate surface area is 422 Å². The second-order valence-corrected chi connectivity index (χ2v) is 18.1. The standard InChI is InChI=1S/C26H27N9O3.C24H23N9O3/c1-3-38-24(36)15-34-12-19(9-30-34)18-6-22-25(20(26(28)37)10-31-35(22)13-18)32-21-14-33(11-16(21)2)23-5-4-17(7-27)8-29-23;1-14-9-31(21-3-2-15(5-25)6-27-21)12-19(14)30-23-18(24(26)36)8-29-33-11-16(4-20(23)33)17-7-28-32(10-17)13-22(34)35/h4-6,8-10,12-13,16,21,32H,3,11,14-15H2,1-2H3,(H2,28,37);2-4,6-8,10-11,14,19,30H,9,12-13H2,1H3,(H2,26,36)(H,34,35)/t16-,21+;14-,19+/m00/s1. The Bertz CT molecular complexity index is 3490. The van der Waals surface area contributed by atoms with E-state index in [1.54, 1.807) is 71.5 Å². The molecule has 0 aliphatic carbocycles. The smallest absolute Gasteiger partial charge is 0.327 e. The van der Waals surface area contributed by atoms with Gasteiger partial charge in [0.15, 0.2) is 0 Å². The van der Waals surface area contributed by atoms with Crippen molar-refractivity contribution in [3.63, 3.8) is 0 Å². The molecule has 0 spiro atoms. The van der Waals surface area contributed by atoms with Crippen LogP contribution in [-0.4, -0.2) is 122 Å². The second kappa shape index (κ2) is 20.9. The number of anilines is 4. The van der Waals surface area contributed by atoms with Crippen molar-refractivity contribution >= 4 is 57.8 Å². The number of amides is 2. The van der Waals surface area contributed by atoms with Gasteiger partial charge in [0.05, 0.1) is 76.1 Å². The van der Waals surface area contributed by atoms with E-state index in [4.69, 9.17) is 31.8 Å². The fraction of sp³-hybridized carbons (Fsp3) is 0.280. The molecule has 10 rings (SSSR count). The molecule has 376 valence electrons. The number of fused-ring (bicyclic) bond motifs is 2. The van der Waals surface area contributed by atoms with Gasteiger partial charge < -0.3 is 41.7 Å². The van der Waals surface area contributed by atoms with Crippen LogP contribution in [0.3, 0.4) is 0 Å². The molecule has 24 nitrogen and oxygen atoms in total. The van der Waals surface area contributed by atoms with Gasteiger partial charge in [0, 0.05) is 97.7 Å². The largest absolute Gasteiger partial charge is 0.480 e. The molecule has 2 aliphatic heterocycles. The lowest BCUT2D eigenvalue weighted by molar-refractivity contribution is -0.144. The number of hydrogen-bond acceptors (Lipinski definition) is 17. The average Bonchev–Trinajstić information content (AvgIpc) is 4.26. The Morgan fingerprint density at radius 2 is 1.11 bits per heavy atom. The van der Waals surface area contributed by atoms with Crippen LogP contribution in [0.2, 0.25) is 0 Å². The number of aliphatic carboxylic acids is 1. The number of primary amides is 2. The van der Waals surface area contributed by atoms with E-state index in [1.807, 2.05) is 30.5 Å². The highest BCUT2D eigenvalue weighted by Gasteiger charge is 2.34. The van der Waals surface area contributed by atoms with Gasteiger partial charge in [0.25, 0.3) is 11.8 Å². The number of carboxylic acid groups (broad SMARTS) is 1. The van der Waals surface area contributed by atoms with E-state index in [1.165, 1.54) is 21.8 Å². The molecule has 0 aromatic carbocycles. The van der Waals surface area contributed by atoms with Gasteiger partial charge in [0.1, 0.15) is 36.9 Å². The first-order valence-electron chi connectivity index (χ1n) is 23.5. The molecule has 2 amide bonds. The SMILES string of the molecule is CCOC(=O)Cn1cc(-c2cc3c(N[C@@H]4CN(c5ccc(C#N)cn5)C[C@@H]4C)c(C(N)=O)cnn3c2)cn1.C[C@H]1CN(c2ccc(C#N)cn2)C[C@H]1Nc1c(C(N)=O)cnn2cc(-c3cnn(CC(=O)O)c3)cc12. The molecule has 0 bridgehead atoms. The summed E-state index contributed by atoms with van der Waals surface area (Å²) in [6.45, 7) is 8.89. The Morgan fingerprint density at radius 3 is 1.50 bits per heavy atom. The van der Waals surface area contributed by atoms with E-state index >= 15 is 0 Å². The van der Waals surface area contributed by atoms with E-state index in [2.05, 4.69) is 76.8 Å². The molecule has 0 saturated carbocycles. The van der Waals surface area contributed by atoms with E-state index < -0.39 is 17.8 Å². The molecule has 8 aromatic rings. The maximum Gasteiger partial charge on any atom is 0.327 e. The minimum absolute atomic E-state index is 0.00224. The number of carboxylic acids is 1. The molecule has 24 heteroatoms. The number of pyridine rings is 2. The number of aromatic nitrogens is 10.